The third-order valence-corrected chi connectivity index (χ3v) is 1.12. The summed E-state index contributed by atoms with van der Waals surface area (Å²) in [5.74, 6) is 0. The van der Waals surface area contributed by atoms with E-state index >= 15 is 0 Å². The van der Waals surface area contributed by atoms with Crippen molar-refractivity contribution in [1.29, 1.82) is 0 Å². The molecule has 0 fully saturated rings. The van der Waals surface area contributed by atoms with Gasteiger partial charge >= 0.3 is 0 Å². The first-order valence-corrected chi connectivity index (χ1v) is 2.68. The minimum Gasteiger partial charge on any atom is -0.0966 e. The second kappa shape index (κ2) is 4.62. The van der Waals surface area contributed by atoms with Crippen LogP contribution in [0, 0.1) is 0 Å². The van der Waals surface area contributed by atoms with Gasteiger partial charge in [-0.2, -0.15) is 0 Å². The molecule has 9 heavy (non-hydrogen) atoms. The Labute approximate surface area is 91.0 Å². The standard InChI is InChI=1S/C6H4BCl.Ca/c7-5-1-3-6(8)4-2-5;/h1-4H;. The van der Waals surface area contributed by atoms with Gasteiger partial charge in [-0.1, -0.05) is 29.2 Å². The van der Waals surface area contributed by atoms with Gasteiger partial charge in [0.2, 0.25) is 0 Å². The van der Waals surface area contributed by atoms with Crippen LogP contribution >= 0.6 is 11.6 Å². The fourth-order valence-corrected chi connectivity index (χ4v) is 0.589. The maximum Gasteiger partial charge on any atom is 0.113 e. The number of halogens is 1. The van der Waals surface area contributed by atoms with Gasteiger partial charge in [0.25, 0.3) is 0 Å². The SMILES string of the molecule is [B]c1ccc(Cl)cc1.[Ca]. The molecular formula is C6H4BCaCl. The average molecular weight is 162 g/mol. The van der Waals surface area contributed by atoms with Crippen molar-refractivity contribution in [2.75, 3.05) is 0 Å². The molecule has 1 aromatic carbocycles. The molecule has 0 heterocycles. The minimum absolute atomic E-state index is 0. The van der Waals surface area contributed by atoms with E-state index in [2.05, 4.69) is 0 Å². The van der Waals surface area contributed by atoms with E-state index in [1.807, 2.05) is 0 Å². The van der Waals surface area contributed by atoms with Gasteiger partial charge in [-0.15, -0.1) is 0 Å². The number of hydrogen-bond donors (Lipinski definition) is 0. The summed E-state index contributed by atoms with van der Waals surface area (Å²) in [6.07, 6.45) is 0. The van der Waals surface area contributed by atoms with Gasteiger partial charge in [-0.3, -0.25) is 0 Å². The van der Waals surface area contributed by atoms with Crippen LogP contribution in [-0.4, -0.2) is 45.6 Å². The summed E-state index contributed by atoms with van der Waals surface area (Å²) in [5, 5.41) is 0.721. The van der Waals surface area contributed by atoms with E-state index in [0.29, 0.717) is 0 Å². The molecule has 0 N–H and O–H groups in total. The van der Waals surface area contributed by atoms with Crippen LogP contribution in [0.2, 0.25) is 5.02 Å². The van der Waals surface area contributed by atoms with Gasteiger partial charge in [0.15, 0.2) is 0 Å². The number of rotatable bonds is 0. The van der Waals surface area contributed by atoms with Crippen molar-refractivity contribution in [3.8, 4) is 0 Å². The largest absolute Gasteiger partial charge is 0.113 e. The Kier molecular flexibility index (Phi) is 5.05. The van der Waals surface area contributed by atoms with Crippen molar-refractivity contribution in [3.63, 3.8) is 0 Å². The zero-order chi connectivity index (χ0) is 5.98. The summed E-state index contributed by atoms with van der Waals surface area (Å²) in [7, 11) is 5.37. The molecule has 0 bridgehead atoms. The van der Waals surface area contributed by atoms with E-state index in [1.54, 1.807) is 24.3 Å². The van der Waals surface area contributed by atoms with Crippen molar-refractivity contribution in [2.24, 2.45) is 0 Å². The Balaban J connectivity index is 0.000000640. The third-order valence-electron chi connectivity index (χ3n) is 0.870. The van der Waals surface area contributed by atoms with Crippen molar-refractivity contribution >= 4 is 62.6 Å². The molecule has 0 aliphatic heterocycles. The minimum atomic E-state index is 0. The Hall–Kier alpha value is 0.835. The molecule has 0 saturated heterocycles. The van der Waals surface area contributed by atoms with Crippen LogP contribution in [0.4, 0.5) is 0 Å². The maximum atomic E-state index is 5.56. The summed E-state index contributed by atoms with van der Waals surface area (Å²) in [6, 6.07) is 7.05. The molecule has 0 unspecified atom stereocenters. The normalized spacial score (nSPS) is 8.11. The van der Waals surface area contributed by atoms with Crippen LogP contribution < -0.4 is 5.46 Å². The first-order chi connectivity index (χ1) is 3.79. The molecule has 0 aromatic heterocycles. The molecular weight excluding hydrogens is 158 g/mol. The molecule has 0 atom stereocenters. The molecule has 0 spiro atoms. The van der Waals surface area contributed by atoms with Gasteiger partial charge in [-0.05, 0) is 12.1 Å². The van der Waals surface area contributed by atoms with Crippen LogP contribution in [0.15, 0.2) is 24.3 Å². The van der Waals surface area contributed by atoms with Crippen LogP contribution in [0.25, 0.3) is 0 Å². The fraction of sp³-hybridized carbons (Fsp3) is 0. The topological polar surface area (TPSA) is 0 Å². The summed E-state index contributed by atoms with van der Waals surface area (Å²) in [6.45, 7) is 0. The van der Waals surface area contributed by atoms with Gasteiger partial charge in [0, 0.05) is 42.8 Å². The van der Waals surface area contributed by atoms with E-state index < -0.39 is 0 Å². The predicted molar refractivity (Wildman–Crippen MR) is 42.6 cm³/mol. The molecule has 0 saturated carbocycles. The van der Waals surface area contributed by atoms with Crippen molar-refractivity contribution in [2.45, 2.75) is 0 Å². The van der Waals surface area contributed by atoms with Gasteiger partial charge in [0.05, 0.1) is 0 Å². The van der Waals surface area contributed by atoms with Crippen LogP contribution in [0.5, 0.6) is 0 Å². The smallest absolute Gasteiger partial charge is 0.0966 e. The first-order valence-electron chi connectivity index (χ1n) is 2.30. The second-order valence-electron chi connectivity index (χ2n) is 1.55. The molecule has 0 amide bonds. The van der Waals surface area contributed by atoms with E-state index in [4.69, 9.17) is 19.4 Å². The number of benzene rings is 1. The zero-order valence-corrected chi connectivity index (χ0v) is 7.94. The molecule has 0 nitrogen and oxygen atoms in total. The average Bonchev–Trinajstić information content (AvgIpc) is 1.77. The molecule has 1 aromatic rings. The second-order valence-corrected chi connectivity index (χ2v) is 1.99. The van der Waals surface area contributed by atoms with E-state index in [9.17, 15) is 0 Å². The Morgan fingerprint density at radius 3 is 1.89 bits per heavy atom. The van der Waals surface area contributed by atoms with Crippen LogP contribution in [-0.2, 0) is 0 Å². The quantitative estimate of drug-likeness (QED) is 0.494. The predicted octanol–water partition coefficient (Wildman–Crippen LogP) is 0.753. The maximum absolute atomic E-state index is 5.56. The summed E-state index contributed by atoms with van der Waals surface area (Å²) < 4.78 is 0. The van der Waals surface area contributed by atoms with Crippen molar-refractivity contribution in [3.05, 3.63) is 29.3 Å². The molecule has 0 aliphatic rings. The van der Waals surface area contributed by atoms with Crippen molar-refractivity contribution < 1.29 is 0 Å². The van der Waals surface area contributed by atoms with Crippen molar-refractivity contribution in [1.82, 2.24) is 0 Å². The Morgan fingerprint density at radius 1 is 1.11 bits per heavy atom. The van der Waals surface area contributed by atoms with Crippen LogP contribution in [0.1, 0.15) is 0 Å². The summed E-state index contributed by atoms with van der Waals surface area (Å²) in [5.41, 5.74) is 0.745. The molecule has 1 rings (SSSR count). The van der Waals surface area contributed by atoms with E-state index in [1.165, 1.54) is 0 Å². The zero-order valence-electron chi connectivity index (χ0n) is 4.97. The fourth-order valence-electron chi connectivity index (χ4n) is 0.463. The molecule has 0 aliphatic carbocycles. The van der Waals surface area contributed by atoms with Gasteiger partial charge in [0.1, 0.15) is 7.85 Å². The van der Waals surface area contributed by atoms with Gasteiger partial charge in [-0.25, -0.2) is 0 Å². The Morgan fingerprint density at radius 2 is 1.56 bits per heavy atom. The van der Waals surface area contributed by atoms with E-state index in [0.717, 1.165) is 10.5 Å². The number of hydrogen-bond acceptors (Lipinski definition) is 0. The summed E-state index contributed by atoms with van der Waals surface area (Å²) in [4.78, 5) is 0. The van der Waals surface area contributed by atoms with E-state index in [-0.39, 0.29) is 37.7 Å². The van der Waals surface area contributed by atoms with Crippen LogP contribution in [0.3, 0.4) is 0 Å². The third kappa shape index (κ3) is 3.52. The monoisotopic (exact) mass is 162 g/mol. The van der Waals surface area contributed by atoms with Gasteiger partial charge < -0.3 is 0 Å². The molecule has 3 heteroatoms. The Bertz CT molecular complexity index is 152. The summed E-state index contributed by atoms with van der Waals surface area (Å²) >= 11 is 5.56. The molecule has 40 valence electrons. The first kappa shape index (κ1) is 9.83. The molecule has 4 radical (unpaired) electrons.